The van der Waals surface area contributed by atoms with Gasteiger partial charge in [0.15, 0.2) is 0 Å². The standard InChI is InChI=1S/C14H22BrNS/c1-4-16-13(9-11(2)3)10-17-14-7-5-12(15)6-8-14/h5-8,11,13,16H,4,9-10H2,1-3H3. The molecule has 0 spiro atoms. The van der Waals surface area contributed by atoms with Crippen molar-refractivity contribution in [1.82, 2.24) is 5.32 Å². The van der Waals surface area contributed by atoms with Crippen molar-refractivity contribution < 1.29 is 0 Å². The number of hydrogen-bond donors (Lipinski definition) is 1. The summed E-state index contributed by atoms with van der Waals surface area (Å²) in [7, 11) is 0. The van der Waals surface area contributed by atoms with Gasteiger partial charge in [0.2, 0.25) is 0 Å². The Balaban J connectivity index is 2.42. The second-order valence-electron chi connectivity index (χ2n) is 4.65. The van der Waals surface area contributed by atoms with Gasteiger partial charge in [0.1, 0.15) is 0 Å². The van der Waals surface area contributed by atoms with Crippen molar-refractivity contribution in [3.05, 3.63) is 28.7 Å². The Morgan fingerprint density at radius 1 is 1.24 bits per heavy atom. The fourth-order valence-electron chi connectivity index (χ4n) is 1.80. The molecular formula is C14H22BrNS. The molecule has 1 unspecified atom stereocenters. The van der Waals surface area contributed by atoms with Crippen molar-refractivity contribution >= 4 is 27.7 Å². The first-order chi connectivity index (χ1) is 8.11. The van der Waals surface area contributed by atoms with Crippen molar-refractivity contribution in [1.29, 1.82) is 0 Å². The summed E-state index contributed by atoms with van der Waals surface area (Å²) < 4.78 is 1.15. The smallest absolute Gasteiger partial charge is 0.0176 e. The monoisotopic (exact) mass is 315 g/mol. The summed E-state index contributed by atoms with van der Waals surface area (Å²) in [6.45, 7) is 7.80. The zero-order chi connectivity index (χ0) is 12.7. The SMILES string of the molecule is CCNC(CSc1ccc(Br)cc1)CC(C)C. The van der Waals surface area contributed by atoms with Crippen molar-refractivity contribution in [2.45, 2.75) is 38.1 Å². The van der Waals surface area contributed by atoms with Crippen LogP contribution in [0.1, 0.15) is 27.2 Å². The Hall–Kier alpha value is 0.01000. The van der Waals surface area contributed by atoms with Crippen LogP contribution in [0.25, 0.3) is 0 Å². The number of benzene rings is 1. The van der Waals surface area contributed by atoms with Gasteiger partial charge in [0.05, 0.1) is 0 Å². The van der Waals surface area contributed by atoms with Crippen LogP contribution in [0.15, 0.2) is 33.6 Å². The lowest BCUT2D eigenvalue weighted by atomic mass is 10.1. The molecule has 0 aliphatic carbocycles. The lowest BCUT2D eigenvalue weighted by molar-refractivity contribution is 0.456. The molecule has 17 heavy (non-hydrogen) atoms. The summed E-state index contributed by atoms with van der Waals surface area (Å²) in [5.41, 5.74) is 0. The van der Waals surface area contributed by atoms with Crippen molar-refractivity contribution in [2.24, 2.45) is 5.92 Å². The maximum Gasteiger partial charge on any atom is 0.0176 e. The van der Waals surface area contributed by atoms with Crippen LogP contribution in [0.4, 0.5) is 0 Å². The highest BCUT2D eigenvalue weighted by molar-refractivity contribution is 9.10. The largest absolute Gasteiger partial charge is 0.313 e. The van der Waals surface area contributed by atoms with Crippen LogP contribution in [-0.4, -0.2) is 18.3 Å². The molecule has 1 aromatic rings. The first-order valence-electron chi connectivity index (χ1n) is 6.23. The molecule has 1 aromatic carbocycles. The molecule has 0 aliphatic rings. The zero-order valence-corrected chi connectivity index (χ0v) is 13.3. The zero-order valence-electron chi connectivity index (χ0n) is 10.9. The first-order valence-corrected chi connectivity index (χ1v) is 8.01. The summed E-state index contributed by atoms with van der Waals surface area (Å²) in [4.78, 5) is 1.35. The van der Waals surface area contributed by atoms with Crippen LogP contribution >= 0.6 is 27.7 Å². The van der Waals surface area contributed by atoms with E-state index < -0.39 is 0 Å². The first kappa shape index (κ1) is 15.1. The molecule has 1 nitrogen and oxygen atoms in total. The van der Waals surface area contributed by atoms with Crippen LogP contribution in [0.5, 0.6) is 0 Å². The van der Waals surface area contributed by atoms with Crippen molar-refractivity contribution in [2.75, 3.05) is 12.3 Å². The summed E-state index contributed by atoms with van der Waals surface area (Å²) in [6.07, 6.45) is 1.25. The number of nitrogens with one attached hydrogen (secondary N) is 1. The minimum Gasteiger partial charge on any atom is -0.313 e. The summed E-state index contributed by atoms with van der Waals surface area (Å²) in [5.74, 6) is 1.90. The van der Waals surface area contributed by atoms with E-state index in [-0.39, 0.29) is 0 Å². The molecule has 0 fully saturated rings. The third-order valence-electron chi connectivity index (χ3n) is 2.51. The molecule has 0 aromatic heterocycles. The second kappa shape index (κ2) is 8.17. The summed E-state index contributed by atoms with van der Waals surface area (Å²) in [5, 5.41) is 3.57. The average Bonchev–Trinajstić information content (AvgIpc) is 2.27. The average molecular weight is 316 g/mol. The second-order valence-corrected chi connectivity index (χ2v) is 6.66. The lowest BCUT2D eigenvalue weighted by Gasteiger charge is -2.19. The van der Waals surface area contributed by atoms with Gasteiger partial charge < -0.3 is 5.32 Å². The van der Waals surface area contributed by atoms with E-state index in [0.717, 1.165) is 22.7 Å². The molecule has 0 radical (unpaired) electrons. The molecule has 0 amide bonds. The number of rotatable bonds is 7. The van der Waals surface area contributed by atoms with Gasteiger partial charge in [-0.1, -0.05) is 36.7 Å². The maximum atomic E-state index is 3.57. The highest BCUT2D eigenvalue weighted by atomic mass is 79.9. The maximum absolute atomic E-state index is 3.57. The summed E-state index contributed by atoms with van der Waals surface area (Å²) in [6, 6.07) is 9.18. The molecule has 0 saturated heterocycles. The Morgan fingerprint density at radius 3 is 2.41 bits per heavy atom. The Bertz CT molecular complexity index is 311. The molecule has 1 N–H and O–H groups in total. The van der Waals surface area contributed by atoms with Gasteiger partial charge in [-0.05, 0) is 43.1 Å². The van der Waals surface area contributed by atoms with Gasteiger partial charge in [-0.15, -0.1) is 11.8 Å². The van der Waals surface area contributed by atoms with E-state index >= 15 is 0 Å². The molecule has 0 saturated carbocycles. The van der Waals surface area contributed by atoms with Gasteiger partial charge in [-0.3, -0.25) is 0 Å². The van der Waals surface area contributed by atoms with Crippen LogP contribution in [0.3, 0.4) is 0 Å². The molecule has 3 heteroatoms. The van der Waals surface area contributed by atoms with E-state index in [4.69, 9.17) is 0 Å². The predicted octanol–water partition coefficient (Wildman–Crippen LogP) is 4.57. The minimum atomic E-state index is 0.619. The fourth-order valence-corrected chi connectivity index (χ4v) is 3.04. The topological polar surface area (TPSA) is 12.0 Å². The van der Waals surface area contributed by atoms with E-state index in [0.29, 0.717) is 6.04 Å². The van der Waals surface area contributed by atoms with E-state index in [1.54, 1.807) is 0 Å². The van der Waals surface area contributed by atoms with E-state index in [9.17, 15) is 0 Å². The lowest BCUT2D eigenvalue weighted by Crippen LogP contribution is -2.32. The van der Waals surface area contributed by atoms with Crippen molar-refractivity contribution in [3.63, 3.8) is 0 Å². The molecular weight excluding hydrogens is 294 g/mol. The van der Waals surface area contributed by atoms with E-state index in [2.05, 4.69) is 66.3 Å². The highest BCUT2D eigenvalue weighted by Gasteiger charge is 2.09. The molecule has 0 bridgehead atoms. The van der Waals surface area contributed by atoms with E-state index in [1.165, 1.54) is 11.3 Å². The molecule has 0 heterocycles. The predicted molar refractivity (Wildman–Crippen MR) is 81.8 cm³/mol. The van der Waals surface area contributed by atoms with Gasteiger partial charge >= 0.3 is 0 Å². The third kappa shape index (κ3) is 6.49. The van der Waals surface area contributed by atoms with Crippen LogP contribution in [0.2, 0.25) is 0 Å². The molecule has 96 valence electrons. The fraction of sp³-hybridized carbons (Fsp3) is 0.571. The molecule has 1 rings (SSSR count). The van der Waals surface area contributed by atoms with E-state index in [1.807, 2.05) is 11.8 Å². The Kier molecular flexibility index (Phi) is 7.24. The highest BCUT2D eigenvalue weighted by Crippen LogP contribution is 2.22. The van der Waals surface area contributed by atoms with Gasteiger partial charge in [-0.25, -0.2) is 0 Å². The van der Waals surface area contributed by atoms with Crippen LogP contribution in [-0.2, 0) is 0 Å². The quantitative estimate of drug-likeness (QED) is 0.740. The Labute approximate surface area is 118 Å². The van der Waals surface area contributed by atoms with Gasteiger partial charge in [0.25, 0.3) is 0 Å². The number of halogens is 1. The van der Waals surface area contributed by atoms with Crippen molar-refractivity contribution in [3.8, 4) is 0 Å². The molecule has 0 aliphatic heterocycles. The summed E-state index contributed by atoms with van der Waals surface area (Å²) >= 11 is 5.40. The number of thioether (sulfide) groups is 1. The van der Waals surface area contributed by atoms with Gasteiger partial charge in [0, 0.05) is 21.2 Å². The third-order valence-corrected chi connectivity index (χ3v) is 4.22. The van der Waals surface area contributed by atoms with Crippen LogP contribution < -0.4 is 5.32 Å². The minimum absolute atomic E-state index is 0.619. The normalized spacial score (nSPS) is 13.0. The molecule has 1 atom stereocenters. The van der Waals surface area contributed by atoms with Gasteiger partial charge in [-0.2, -0.15) is 0 Å². The van der Waals surface area contributed by atoms with Crippen LogP contribution in [0, 0.1) is 5.92 Å². The Morgan fingerprint density at radius 2 is 1.88 bits per heavy atom. The number of hydrogen-bond acceptors (Lipinski definition) is 2.